The third-order valence-corrected chi connectivity index (χ3v) is 6.05. The molecular weight excluding hydrogens is 517 g/mol. The number of nitrogens with zero attached hydrogens (tertiary/aromatic N) is 3. The number of nitrogens with one attached hydrogen (secondary N) is 2. The summed E-state index contributed by atoms with van der Waals surface area (Å²) in [6.45, 7) is 10.9. The van der Waals surface area contributed by atoms with Crippen LogP contribution in [0.15, 0.2) is 35.3 Å². The highest BCUT2D eigenvalue weighted by atomic mass is 127. The Hall–Kier alpha value is -1.10. The minimum Gasteiger partial charge on any atom is -0.381 e. The lowest BCUT2D eigenvalue weighted by molar-refractivity contribution is 0.0888. The number of aliphatic imine (C=N–C) groups is 1. The van der Waals surface area contributed by atoms with E-state index in [0.717, 1.165) is 90.9 Å². The van der Waals surface area contributed by atoms with E-state index in [9.17, 15) is 0 Å². The van der Waals surface area contributed by atoms with Gasteiger partial charge in [-0.3, -0.25) is 9.89 Å². The summed E-state index contributed by atoms with van der Waals surface area (Å²) in [6, 6.07) is 10.7. The van der Waals surface area contributed by atoms with Crippen LogP contribution in [0.5, 0.6) is 0 Å². The summed E-state index contributed by atoms with van der Waals surface area (Å²) < 4.78 is 11.1. The van der Waals surface area contributed by atoms with E-state index in [4.69, 9.17) is 9.47 Å². The predicted octanol–water partition coefficient (Wildman–Crippen LogP) is 2.82. The van der Waals surface area contributed by atoms with Gasteiger partial charge >= 0.3 is 0 Å². The van der Waals surface area contributed by atoms with Gasteiger partial charge in [0.1, 0.15) is 0 Å². The highest BCUT2D eigenvalue weighted by Gasteiger charge is 2.16. The zero-order chi connectivity index (χ0) is 21.6. The van der Waals surface area contributed by atoms with Gasteiger partial charge in [-0.25, -0.2) is 0 Å². The van der Waals surface area contributed by atoms with Crippen LogP contribution in [-0.2, 0) is 9.47 Å². The van der Waals surface area contributed by atoms with Crippen LogP contribution in [0.4, 0.5) is 5.69 Å². The molecule has 1 aromatic carbocycles. The van der Waals surface area contributed by atoms with Crippen LogP contribution in [-0.4, -0.2) is 90.1 Å². The molecule has 8 heteroatoms. The van der Waals surface area contributed by atoms with Gasteiger partial charge in [-0.2, -0.15) is 0 Å². The molecule has 3 rings (SSSR count). The summed E-state index contributed by atoms with van der Waals surface area (Å²) in [5.74, 6) is 1.48. The normalized spacial score (nSPS) is 19.6. The van der Waals surface area contributed by atoms with Crippen molar-refractivity contribution in [2.45, 2.75) is 25.7 Å². The smallest absolute Gasteiger partial charge is 0.190 e. The number of rotatable bonds is 12. The molecule has 1 aromatic rings. The molecule has 2 fully saturated rings. The fraction of sp³-hybridized carbons (Fsp3) is 0.708. The average molecular weight is 560 g/mol. The number of hydrogen-bond donors (Lipinski definition) is 2. The van der Waals surface area contributed by atoms with Gasteiger partial charge in [0.2, 0.25) is 0 Å². The molecule has 0 radical (unpaired) electrons. The maximum absolute atomic E-state index is 5.75. The number of para-hydroxylation sites is 1. The van der Waals surface area contributed by atoms with Crippen LogP contribution in [0.2, 0.25) is 0 Å². The minimum atomic E-state index is 0. The van der Waals surface area contributed by atoms with E-state index in [1.54, 1.807) is 0 Å². The first-order chi connectivity index (χ1) is 15.3. The van der Waals surface area contributed by atoms with E-state index in [2.05, 4.69) is 55.8 Å². The standard InChI is InChI=1S/C24H41N5O2.HI/c1-25-24(27-12-7-18-30-20-22-10-19-31-21-22)26-11-5-6-13-28-14-16-29(17-15-28)23-8-3-2-4-9-23;/h2-4,8-9,22H,5-7,10-21H2,1H3,(H2,25,26,27);1H. The minimum absolute atomic E-state index is 0. The number of anilines is 1. The van der Waals surface area contributed by atoms with Crippen molar-refractivity contribution in [2.75, 3.05) is 84.2 Å². The van der Waals surface area contributed by atoms with Crippen LogP contribution in [0.3, 0.4) is 0 Å². The Bertz CT molecular complexity index is 620. The van der Waals surface area contributed by atoms with E-state index >= 15 is 0 Å². The molecule has 2 N–H and O–H groups in total. The van der Waals surface area contributed by atoms with E-state index in [1.807, 2.05) is 7.05 Å². The summed E-state index contributed by atoms with van der Waals surface area (Å²) in [7, 11) is 1.83. The molecule has 1 unspecified atom stereocenters. The second-order valence-corrected chi connectivity index (χ2v) is 8.46. The quantitative estimate of drug-likeness (QED) is 0.178. The van der Waals surface area contributed by atoms with Crippen LogP contribution in [0.25, 0.3) is 0 Å². The Kier molecular flexibility index (Phi) is 14.0. The topological polar surface area (TPSA) is 61.4 Å². The van der Waals surface area contributed by atoms with Crippen LogP contribution < -0.4 is 15.5 Å². The summed E-state index contributed by atoms with van der Waals surface area (Å²) >= 11 is 0. The van der Waals surface area contributed by atoms with Crippen LogP contribution in [0, 0.1) is 5.92 Å². The van der Waals surface area contributed by atoms with Gasteiger partial charge in [0.05, 0.1) is 13.2 Å². The molecule has 1 atom stereocenters. The highest BCUT2D eigenvalue weighted by molar-refractivity contribution is 14.0. The number of unbranched alkanes of at least 4 members (excludes halogenated alkanes) is 1. The Balaban J connectivity index is 0.00000363. The van der Waals surface area contributed by atoms with E-state index < -0.39 is 0 Å². The first-order valence-corrected chi connectivity index (χ1v) is 12.0. The second-order valence-electron chi connectivity index (χ2n) is 8.46. The number of hydrogen-bond acceptors (Lipinski definition) is 5. The lowest BCUT2D eigenvalue weighted by Crippen LogP contribution is -2.46. The van der Waals surface area contributed by atoms with Crippen molar-refractivity contribution in [3.63, 3.8) is 0 Å². The van der Waals surface area contributed by atoms with Gasteiger partial charge in [-0.1, -0.05) is 18.2 Å². The number of guanidine groups is 1. The molecule has 2 heterocycles. The lowest BCUT2D eigenvalue weighted by atomic mass is 10.1. The van der Waals surface area contributed by atoms with Gasteiger partial charge in [-0.05, 0) is 44.4 Å². The van der Waals surface area contributed by atoms with E-state index in [0.29, 0.717) is 5.92 Å². The van der Waals surface area contributed by atoms with Crippen molar-refractivity contribution in [1.29, 1.82) is 0 Å². The van der Waals surface area contributed by atoms with Crippen molar-refractivity contribution in [2.24, 2.45) is 10.9 Å². The first-order valence-electron chi connectivity index (χ1n) is 12.0. The van der Waals surface area contributed by atoms with E-state index in [1.165, 1.54) is 18.7 Å². The van der Waals surface area contributed by atoms with Crippen molar-refractivity contribution >= 4 is 35.6 Å². The summed E-state index contributed by atoms with van der Waals surface area (Å²) in [4.78, 5) is 9.39. The van der Waals surface area contributed by atoms with Crippen molar-refractivity contribution in [3.8, 4) is 0 Å². The van der Waals surface area contributed by atoms with Crippen molar-refractivity contribution < 1.29 is 9.47 Å². The number of halogens is 1. The van der Waals surface area contributed by atoms with Crippen molar-refractivity contribution in [3.05, 3.63) is 30.3 Å². The molecule has 32 heavy (non-hydrogen) atoms. The maximum atomic E-state index is 5.75. The van der Waals surface area contributed by atoms with Crippen LogP contribution in [0.1, 0.15) is 25.7 Å². The molecule has 2 aliphatic heterocycles. The first kappa shape index (κ1) is 27.1. The highest BCUT2D eigenvalue weighted by Crippen LogP contribution is 2.15. The Morgan fingerprint density at radius 3 is 2.50 bits per heavy atom. The van der Waals surface area contributed by atoms with Gasteiger partial charge < -0.3 is 25.0 Å². The molecule has 0 aliphatic carbocycles. The summed E-state index contributed by atoms with van der Waals surface area (Å²) in [5.41, 5.74) is 1.35. The molecule has 0 spiro atoms. The van der Waals surface area contributed by atoms with Crippen LogP contribution >= 0.6 is 24.0 Å². The third-order valence-electron chi connectivity index (χ3n) is 6.05. The molecule has 0 bridgehead atoms. The SMILES string of the molecule is CN=C(NCCCCN1CCN(c2ccccc2)CC1)NCCCOCC1CCOC1.I. The number of piperazine rings is 1. The average Bonchev–Trinajstić information content (AvgIpc) is 3.34. The zero-order valence-corrected chi connectivity index (χ0v) is 22.0. The summed E-state index contributed by atoms with van der Waals surface area (Å²) in [6.07, 6.45) is 4.50. The number of benzene rings is 1. The monoisotopic (exact) mass is 559 g/mol. The molecule has 7 nitrogen and oxygen atoms in total. The fourth-order valence-electron chi connectivity index (χ4n) is 4.10. The Morgan fingerprint density at radius 1 is 1.06 bits per heavy atom. The number of ether oxygens (including phenoxy) is 2. The molecule has 0 aromatic heterocycles. The molecular formula is C24H42IN5O2. The Labute approximate surface area is 211 Å². The Morgan fingerprint density at radius 2 is 1.81 bits per heavy atom. The van der Waals surface area contributed by atoms with E-state index in [-0.39, 0.29) is 24.0 Å². The zero-order valence-electron chi connectivity index (χ0n) is 19.6. The molecule has 2 aliphatic rings. The van der Waals surface area contributed by atoms with Gasteiger partial charge in [-0.15, -0.1) is 24.0 Å². The fourth-order valence-corrected chi connectivity index (χ4v) is 4.10. The maximum Gasteiger partial charge on any atom is 0.190 e. The summed E-state index contributed by atoms with van der Waals surface area (Å²) in [5, 5.41) is 6.80. The third kappa shape index (κ3) is 10.2. The molecule has 2 saturated heterocycles. The molecule has 0 saturated carbocycles. The largest absolute Gasteiger partial charge is 0.381 e. The molecule has 0 amide bonds. The predicted molar refractivity (Wildman–Crippen MR) is 143 cm³/mol. The van der Waals surface area contributed by atoms with Gasteiger partial charge in [0, 0.05) is 71.1 Å². The second kappa shape index (κ2) is 16.5. The molecule has 182 valence electrons. The van der Waals surface area contributed by atoms with Gasteiger partial charge in [0.25, 0.3) is 0 Å². The van der Waals surface area contributed by atoms with Gasteiger partial charge in [0.15, 0.2) is 5.96 Å². The van der Waals surface area contributed by atoms with Crippen molar-refractivity contribution in [1.82, 2.24) is 15.5 Å². The lowest BCUT2D eigenvalue weighted by Gasteiger charge is -2.36.